The minimum Gasteiger partial charge on any atom is -0.488 e. The smallest absolute Gasteiger partial charge is 0.335 e. The number of rotatable bonds is 9. The first-order valence-electron chi connectivity index (χ1n) is 13.5. The Labute approximate surface area is 234 Å². The van der Waals surface area contributed by atoms with Crippen molar-refractivity contribution in [3.63, 3.8) is 0 Å². The molecule has 4 aromatic rings. The van der Waals surface area contributed by atoms with Gasteiger partial charge in [-0.2, -0.15) is 0 Å². The lowest BCUT2D eigenvalue weighted by Crippen LogP contribution is -2.36. The second-order valence-electron chi connectivity index (χ2n) is 10.4. The standard InChI is InChI=1S/C34H33NO5/c1-23(2)29-18-30(33(36)35-16-15-26-13-14-27(34(37)38)17-28(26)20-35)32(40-22-25-11-7-4-8-12-25)19-31(29)39-21-24-9-5-3-6-10-24/h3-14,17-19,23H,15-16,20-22H2,1-2H3,(H,37,38). The third-order valence-electron chi connectivity index (χ3n) is 7.19. The summed E-state index contributed by atoms with van der Waals surface area (Å²) in [4.78, 5) is 27.3. The van der Waals surface area contributed by atoms with Gasteiger partial charge in [0, 0.05) is 19.2 Å². The summed E-state index contributed by atoms with van der Waals surface area (Å²) in [7, 11) is 0. The van der Waals surface area contributed by atoms with E-state index in [4.69, 9.17) is 9.47 Å². The fourth-order valence-electron chi connectivity index (χ4n) is 4.95. The minimum atomic E-state index is -0.976. The van der Waals surface area contributed by atoms with Crippen LogP contribution in [0.2, 0.25) is 0 Å². The summed E-state index contributed by atoms with van der Waals surface area (Å²) in [5.74, 6) is 0.141. The number of hydrogen-bond donors (Lipinski definition) is 1. The predicted octanol–water partition coefficient (Wildman–Crippen LogP) is 6.86. The number of carboxylic acids is 1. The highest BCUT2D eigenvalue weighted by Crippen LogP contribution is 2.36. The van der Waals surface area contributed by atoms with E-state index in [0.29, 0.717) is 49.8 Å². The Bertz CT molecular complexity index is 1500. The lowest BCUT2D eigenvalue weighted by molar-refractivity contribution is 0.0696. The van der Waals surface area contributed by atoms with Crippen molar-refractivity contribution in [1.29, 1.82) is 0 Å². The number of carbonyl (C=O) groups is 2. The molecule has 1 aliphatic heterocycles. The topological polar surface area (TPSA) is 76.1 Å². The molecule has 1 heterocycles. The Morgan fingerprint density at radius 3 is 2.02 bits per heavy atom. The lowest BCUT2D eigenvalue weighted by atomic mass is 9.95. The molecule has 5 rings (SSSR count). The van der Waals surface area contributed by atoms with Gasteiger partial charge in [-0.3, -0.25) is 4.79 Å². The van der Waals surface area contributed by atoms with E-state index in [1.807, 2.05) is 78.9 Å². The number of aromatic carboxylic acids is 1. The van der Waals surface area contributed by atoms with Crippen molar-refractivity contribution in [3.05, 3.63) is 130 Å². The largest absolute Gasteiger partial charge is 0.488 e. The van der Waals surface area contributed by atoms with Crippen LogP contribution in [-0.4, -0.2) is 28.4 Å². The van der Waals surface area contributed by atoms with Crippen LogP contribution in [0.5, 0.6) is 11.5 Å². The molecule has 0 fully saturated rings. The molecule has 1 amide bonds. The zero-order chi connectivity index (χ0) is 28.1. The summed E-state index contributed by atoms with van der Waals surface area (Å²) in [5, 5.41) is 9.44. The van der Waals surface area contributed by atoms with E-state index in [2.05, 4.69) is 13.8 Å². The van der Waals surface area contributed by atoms with Crippen molar-refractivity contribution in [1.82, 2.24) is 4.90 Å². The van der Waals surface area contributed by atoms with E-state index >= 15 is 0 Å². The Balaban J connectivity index is 1.48. The maximum absolute atomic E-state index is 14.0. The molecule has 0 saturated heterocycles. The molecule has 0 unspecified atom stereocenters. The third-order valence-corrected chi connectivity index (χ3v) is 7.19. The van der Waals surface area contributed by atoms with Crippen LogP contribution in [0.25, 0.3) is 0 Å². The van der Waals surface area contributed by atoms with Crippen molar-refractivity contribution in [2.24, 2.45) is 0 Å². The highest BCUT2D eigenvalue weighted by atomic mass is 16.5. The Morgan fingerprint density at radius 2 is 1.43 bits per heavy atom. The highest BCUT2D eigenvalue weighted by molar-refractivity contribution is 5.98. The first-order chi connectivity index (χ1) is 19.4. The van der Waals surface area contributed by atoms with Crippen LogP contribution >= 0.6 is 0 Å². The molecule has 4 aromatic carbocycles. The van der Waals surface area contributed by atoms with E-state index in [0.717, 1.165) is 27.8 Å². The molecule has 204 valence electrons. The molecular formula is C34H33NO5. The van der Waals surface area contributed by atoms with Gasteiger partial charge in [0.1, 0.15) is 24.7 Å². The fraction of sp³-hybridized carbons (Fsp3) is 0.235. The van der Waals surface area contributed by atoms with Crippen molar-refractivity contribution in [3.8, 4) is 11.5 Å². The molecule has 6 nitrogen and oxygen atoms in total. The molecule has 0 atom stereocenters. The molecule has 0 radical (unpaired) electrons. The zero-order valence-corrected chi connectivity index (χ0v) is 22.8. The fourth-order valence-corrected chi connectivity index (χ4v) is 4.95. The van der Waals surface area contributed by atoms with Crippen molar-refractivity contribution in [2.45, 2.75) is 45.9 Å². The number of ether oxygens (including phenoxy) is 2. The number of nitrogens with zero attached hydrogens (tertiary/aromatic N) is 1. The van der Waals surface area contributed by atoms with E-state index in [1.165, 1.54) is 0 Å². The zero-order valence-electron chi connectivity index (χ0n) is 22.8. The van der Waals surface area contributed by atoms with Crippen LogP contribution in [0.3, 0.4) is 0 Å². The first-order valence-corrected chi connectivity index (χ1v) is 13.5. The molecule has 40 heavy (non-hydrogen) atoms. The summed E-state index contributed by atoms with van der Waals surface area (Å²) in [6.07, 6.45) is 0.663. The van der Waals surface area contributed by atoms with Crippen molar-refractivity contribution >= 4 is 11.9 Å². The molecule has 1 aliphatic rings. The van der Waals surface area contributed by atoms with Crippen LogP contribution < -0.4 is 9.47 Å². The number of carbonyl (C=O) groups excluding carboxylic acids is 1. The predicted molar refractivity (Wildman–Crippen MR) is 154 cm³/mol. The van der Waals surface area contributed by atoms with Gasteiger partial charge in [0.25, 0.3) is 5.91 Å². The summed E-state index contributed by atoms with van der Waals surface area (Å²) >= 11 is 0. The maximum Gasteiger partial charge on any atom is 0.335 e. The minimum absolute atomic E-state index is 0.112. The number of hydrogen-bond acceptors (Lipinski definition) is 4. The quantitative estimate of drug-likeness (QED) is 0.253. The molecular weight excluding hydrogens is 502 g/mol. The number of carboxylic acid groups (broad SMARTS) is 1. The van der Waals surface area contributed by atoms with Crippen LogP contribution in [0.15, 0.2) is 91.0 Å². The summed E-state index contributed by atoms with van der Waals surface area (Å²) in [5.41, 5.74) is 5.61. The van der Waals surface area contributed by atoms with Crippen molar-refractivity contribution < 1.29 is 24.2 Å². The van der Waals surface area contributed by atoms with E-state index in [-0.39, 0.29) is 17.4 Å². The molecule has 0 aromatic heterocycles. The van der Waals surface area contributed by atoms with Gasteiger partial charge >= 0.3 is 5.97 Å². The Morgan fingerprint density at radius 1 is 0.800 bits per heavy atom. The second-order valence-corrected chi connectivity index (χ2v) is 10.4. The lowest BCUT2D eigenvalue weighted by Gasteiger charge is -2.30. The van der Waals surface area contributed by atoms with Gasteiger partial charge in [0.05, 0.1) is 11.1 Å². The molecule has 0 aliphatic carbocycles. The average Bonchev–Trinajstić information content (AvgIpc) is 2.98. The number of fused-ring (bicyclic) bond motifs is 1. The maximum atomic E-state index is 14.0. The van der Waals surface area contributed by atoms with E-state index < -0.39 is 5.97 Å². The Hall–Kier alpha value is -4.58. The van der Waals surface area contributed by atoms with Gasteiger partial charge in [0.15, 0.2) is 0 Å². The average molecular weight is 536 g/mol. The van der Waals surface area contributed by atoms with Crippen molar-refractivity contribution in [2.75, 3.05) is 6.54 Å². The first kappa shape index (κ1) is 27.0. The van der Waals surface area contributed by atoms with Crippen LogP contribution in [0.4, 0.5) is 0 Å². The van der Waals surface area contributed by atoms with Gasteiger partial charge in [-0.1, -0.05) is 80.6 Å². The molecule has 0 saturated carbocycles. The van der Waals surface area contributed by atoms with Gasteiger partial charge < -0.3 is 19.5 Å². The molecule has 0 bridgehead atoms. The molecule has 1 N–H and O–H groups in total. The van der Waals surface area contributed by atoms with E-state index in [1.54, 1.807) is 17.0 Å². The third kappa shape index (κ3) is 6.18. The van der Waals surface area contributed by atoms with E-state index in [9.17, 15) is 14.7 Å². The van der Waals surface area contributed by atoms with Crippen LogP contribution in [0, 0.1) is 0 Å². The SMILES string of the molecule is CC(C)c1cc(C(=O)N2CCc3ccc(C(=O)O)cc3C2)c(OCc2ccccc2)cc1OCc1ccccc1. The van der Waals surface area contributed by atoms with Gasteiger partial charge in [0.2, 0.25) is 0 Å². The molecule has 0 spiro atoms. The molecule has 6 heteroatoms. The van der Waals surface area contributed by atoms with Gasteiger partial charge in [-0.25, -0.2) is 4.79 Å². The van der Waals surface area contributed by atoms with Crippen LogP contribution in [0.1, 0.15) is 68.3 Å². The number of benzene rings is 4. The van der Waals surface area contributed by atoms with Gasteiger partial charge in [-0.05, 0) is 58.4 Å². The Kier molecular flexibility index (Phi) is 8.15. The summed E-state index contributed by atoms with van der Waals surface area (Å²) in [6.45, 7) is 5.75. The second kappa shape index (κ2) is 12.1. The monoisotopic (exact) mass is 535 g/mol. The van der Waals surface area contributed by atoms with Crippen LogP contribution in [-0.2, 0) is 26.2 Å². The van der Waals surface area contributed by atoms with Gasteiger partial charge in [-0.15, -0.1) is 0 Å². The number of amides is 1. The highest BCUT2D eigenvalue weighted by Gasteiger charge is 2.27. The summed E-state index contributed by atoms with van der Waals surface area (Å²) in [6, 6.07) is 28.7. The normalized spacial score (nSPS) is 12.6. The summed E-state index contributed by atoms with van der Waals surface area (Å²) < 4.78 is 12.6.